The normalized spacial score (nSPS) is 11.6. The number of nitrogens with one attached hydrogen (secondary N) is 1. The largest absolute Gasteiger partial charge is 0.476 e. The molecule has 2 heterocycles. The Morgan fingerprint density at radius 1 is 0.627 bits per heavy atom. The average Bonchev–Trinajstić information content (AvgIpc) is 3.85. The summed E-state index contributed by atoms with van der Waals surface area (Å²) in [6, 6.07) is 70.1. The van der Waals surface area contributed by atoms with Crippen molar-refractivity contribution in [2.75, 3.05) is 5.32 Å². The van der Waals surface area contributed by atoms with Crippen LogP contribution in [0.5, 0.6) is 5.75 Å². The standard InChI is InChI=1S/C56H44N4O6S/c61-49-36-47(38-64-59-51(54(62)63)48-39-67-55(57-48)58-56(44-30-16-5-17-31-44,45-32-18-6-19-33-45)46-34-20-7-21-35-46)60(66-53(42-26-12-3-13-27-42)43-28-14-4-15-29-43)37-50(49)65-52(40-22-8-1-9-23-40)41-24-10-2-11-25-41/h1-37,39,52-53H,38H2,(H,57,58)(H,62,63). The van der Waals surface area contributed by atoms with Gasteiger partial charge in [0, 0.05) is 11.4 Å². The zero-order chi connectivity index (χ0) is 45.8. The van der Waals surface area contributed by atoms with Gasteiger partial charge in [0.1, 0.15) is 23.0 Å². The molecule has 0 bridgehead atoms. The summed E-state index contributed by atoms with van der Waals surface area (Å²) >= 11 is 1.24. The van der Waals surface area contributed by atoms with E-state index in [0.29, 0.717) is 5.13 Å². The van der Waals surface area contributed by atoms with Crippen molar-refractivity contribution >= 4 is 28.1 Å². The van der Waals surface area contributed by atoms with Crippen molar-refractivity contribution < 1.29 is 24.3 Å². The lowest BCUT2D eigenvalue weighted by atomic mass is 9.77. The van der Waals surface area contributed by atoms with Crippen molar-refractivity contribution in [3.05, 3.63) is 291 Å². The lowest BCUT2D eigenvalue weighted by Gasteiger charge is -2.36. The van der Waals surface area contributed by atoms with Crippen LogP contribution in [-0.2, 0) is 21.8 Å². The number of carboxylic acids is 1. The molecule has 7 aromatic carbocycles. The van der Waals surface area contributed by atoms with Crippen LogP contribution >= 0.6 is 11.3 Å². The number of nitrogens with zero attached hydrogens (tertiary/aromatic N) is 3. The van der Waals surface area contributed by atoms with Crippen molar-refractivity contribution in [1.82, 2.24) is 9.71 Å². The number of benzene rings is 7. The minimum absolute atomic E-state index is 0.0242. The Bertz CT molecular complexity index is 2930. The van der Waals surface area contributed by atoms with E-state index >= 15 is 0 Å². The maximum Gasteiger partial charge on any atom is 0.360 e. The smallest absolute Gasteiger partial charge is 0.360 e. The number of carbonyl (C=O) groups is 1. The maximum absolute atomic E-state index is 14.1. The zero-order valence-corrected chi connectivity index (χ0v) is 36.9. The van der Waals surface area contributed by atoms with Gasteiger partial charge >= 0.3 is 5.97 Å². The summed E-state index contributed by atoms with van der Waals surface area (Å²) in [6.07, 6.45) is 0.241. The number of hydrogen-bond acceptors (Lipinski definition) is 9. The Labute approximate surface area is 391 Å². The molecule has 0 aliphatic carbocycles. The van der Waals surface area contributed by atoms with Gasteiger partial charge in [0.05, 0.1) is 6.20 Å². The molecule has 0 radical (unpaired) electrons. The first-order chi connectivity index (χ1) is 33.0. The number of oxime groups is 1. The van der Waals surface area contributed by atoms with Crippen LogP contribution in [0.3, 0.4) is 0 Å². The second-order valence-electron chi connectivity index (χ2n) is 15.5. The van der Waals surface area contributed by atoms with E-state index in [9.17, 15) is 14.7 Å². The van der Waals surface area contributed by atoms with Crippen molar-refractivity contribution in [1.29, 1.82) is 0 Å². The number of ether oxygens (including phenoxy) is 1. The molecule has 0 spiro atoms. The van der Waals surface area contributed by atoms with Crippen LogP contribution in [0.2, 0.25) is 0 Å². The highest BCUT2D eigenvalue weighted by Crippen LogP contribution is 2.41. The van der Waals surface area contributed by atoms with E-state index in [2.05, 4.69) is 10.5 Å². The van der Waals surface area contributed by atoms with Gasteiger partial charge in [-0.2, -0.15) is 4.73 Å². The van der Waals surface area contributed by atoms with Gasteiger partial charge in [0.15, 0.2) is 23.6 Å². The molecule has 0 amide bonds. The molecule has 2 N–H and O–H groups in total. The van der Waals surface area contributed by atoms with Gasteiger partial charge in [-0.3, -0.25) is 4.79 Å². The lowest BCUT2D eigenvalue weighted by Crippen LogP contribution is -2.38. The van der Waals surface area contributed by atoms with Crippen molar-refractivity contribution in [2.24, 2.45) is 5.16 Å². The molecule has 0 unspecified atom stereocenters. The average molecular weight is 901 g/mol. The molecule has 11 heteroatoms. The molecule has 0 aliphatic rings. The number of aliphatic carboxylic acids is 1. The van der Waals surface area contributed by atoms with E-state index in [4.69, 9.17) is 19.4 Å². The van der Waals surface area contributed by atoms with Crippen molar-refractivity contribution in [3.8, 4) is 5.75 Å². The summed E-state index contributed by atoms with van der Waals surface area (Å²) in [5.74, 6) is -1.33. The van der Waals surface area contributed by atoms with Crippen LogP contribution in [0.4, 0.5) is 5.13 Å². The molecule has 0 saturated heterocycles. The first-order valence-electron chi connectivity index (χ1n) is 21.6. The van der Waals surface area contributed by atoms with Gasteiger partial charge in [-0.15, -0.1) is 11.3 Å². The highest BCUT2D eigenvalue weighted by molar-refractivity contribution is 7.14. The third-order valence-corrected chi connectivity index (χ3v) is 11.9. The SMILES string of the molecule is O=C(O)C(=NOCc1cc(=O)c(OC(c2ccccc2)c2ccccc2)cn1OC(c1ccccc1)c1ccccc1)c1csc(NC(c2ccccc2)(c2ccccc2)c2ccccc2)n1. The Morgan fingerprint density at radius 2 is 1.04 bits per heavy atom. The van der Waals surface area contributed by atoms with E-state index < -0.39 is 34.9 Å². The number of aromatic nitrogens is 2. The monoisotopic (exact) mass is 900 g/mol. The maximum atomic E-state index is 14.1. The van der Waals surface area contributed by atoms with E-state index in [1.54, 1.807) is 5.38 Å². The number of carboxylic acid groups (broad SMARTS) is 1. The molecule has 10 nitrogen and oxygen atoms in total. The minimum Gasteiger partial charge on any atom is -0.476 e. The summed E-state index contributed by atoms with van der Waals surface area (Å²) in [5, 5.41) is 20.4. The van der Waals surface area contributed by atoms with Gasteiger partial charge in [0.25, 0.3) is 0 Å². The van der Waals surface area contributed by atoms with Gasteiger partial charge in [0.2, 0.25) is 11.1 Å². The Hall–Kier alpha value is -8.54. The van der Waals surface area contributed by atoms with Crippen LogP contribution in [0, 0.1) is 0 Å². The Morgan fingerprint density at radius 3 is 1.48 bits per heavy atom. The molecule has 0 fully saturated rings. The minimum atomic E-state index is -1.35. The Kier molecular flexibility index (Phi) is 13.4. The molecule has 9 rings (SSSR count). The van der Waals surface area contributed by atoms with Crippen LogP contribution in [0.25, 0.3) is 0 Å². The number of pyridine rings is 1. The Balaban J connectivity index is 1.06. The predicted octanol–water partition coefficient (Wildman–Crippen LogP) is 11.1. The van der Waals surface area contributed by atoms with Crippen molar-refractivity contribution in [3.63, 3.8) is 0 Å². The second-order valence-corrected chi connectivity index (χ2v) is 16.3. The summed E-state index contributed by atoms with van der Waals surface area (Å²) in [4.78, 5) is 44.4. The first kappa shape index (κ1) is 43.7. The van der Waals surface area contributed by atoms with Crippen molar-refractivity contribution in [2.45, 2.75) is 24.4 Å². The fourth-order valence-corrected chi connectivity index (χ4v) is 8.72. The second kappa shape index (κ2) is 20.5. The van der Waals surface area contributed by atoms with E-state index in [-0.39, 0.29) is 23.7 Å². The molecule has 330 valence electrons. The summed E-state index contributed by atoms with van der Waals surface area (Å²) in [7, 11) is 0. The molecular formula is C56H44N4O6S. The zero-order valence-electron chi connectivity index (χ0n) is 36.0. The van der Waals surface area contributed by atoms with Gasteiger partial charge < -0.3 is 24.8 Å². The van der Waals surface area contributed by atoms with E-state index in [1.165, 1.54) is 28.3 Å². The molecule has 0 atom stereocenters. The quantitative estimate of drug-likeness (QED) is 0.0496. The van der Waals surface area contributed by atoms with E-state index in [0.717, 1.165) is 38.9 Å². The molecule has 0 aliphatic heterocycles. The fourth-order valence-electron chi connectivity index (χ4n) is 7.97. The van der Waals surface area contributed by atoms with Gasteiger partial charge in [-0.05, 0) is 38.9 Å². The highest BCUT2D eigenvalue weighted by atomic mass is 32.1. The fraction of sp³-hybridized carbons (Fsp3) is 0.0714. The topological polar surface area (TPSA) is 124 Å². The number of hydrogen-bond donors (Lipinski definition) is 2. The number of rotatable bonds is 18. The molecule has 9 aromatic rings. The molecule has 67 heavy (non-hydrogen) atoms. The van der Waals surface area contributed by atoms with Crippen LogP contribution < -0.4 is 20.3 Å². The van der Waals surface area contributed by atoms with Crippen LogP contribution in [0.15, 0.2) is 240 Å². The third kappa shape index (κ3) is 9.92. The number of thiazole rings is 1. The first-order valence-corrected chi connectivity index (χ1v) is 22.5. The summed E-state index contributed by atoms with van der Waals surface area (Å²) in [5.41, 5.74) is 4.85. The predicted molar refractivity (Wildman–Crippen MR) is 261 cm³/mol. The van der Waals surface area contributed by atoms with E-state index in [1.807, 2.05) is 212 Å². The third-order valence-electron chi connectivity index (χ3n) is 11.2. The summed E-state index contributed by atoms with van der Waals surface area (Å²) < 4.78 is 8.02. The van der Waals surface area contributed by atoms with Crippen LogP contribution in [-0.4, -0.2) is 26.5 Å². The molecule has 0 saturated carbocycles. The van der Waals surface area contributed by atoms with Crippen LogP contribution in [0.1, 0.15) is 62.5 Å². The lowest BCUT2D eigenvalue weighted by molar-refractivity contribution is -0.129. The number of anilines is 1. The molecular weight excluding hydrogens is 857 g/mol. The van der Waals surface area contributed by atoms with Gasteiger partial charge in [-0.1, -0.05) is 217 Å². The van der Waals surface area contributed by atoms with Gasteiger partial charge in [-0.25, -0.2) is 9.78 Å². The highest BCUT2D eigenvalue weighted by Gasteiger charge is 2.37. The molecule has 2 aromatic heterocycles. The summed E-state index contributed by atoms with van der Waals surface area (Å²) in [6.45, 7) is -0.349.